The van der Waals surface area contributed by atoms with E-state index in [1.807, 2.05) is 55.5 Å². The zero-order valence-electron chi connectivity index (χ0n) is 10.0. The molecule has 1 heterocycles. The number of hydrogen-bond donors (Lipinski definition) is 1. The molecule has 2 rings (SSSR count). The van der Waals surface area contributed by atoms with Gasteiger partial charge in [-0.1, -0.05) is 43.3 Å². The summed E-state index contributed by atoms with van der Waals surface area (Å²) in [6, 6.07) is 15.6. The molecule has 2 aromatic rings. The molecule has 0 fully saturated rings. The lowest BCUT2D eigenvalue weighted by Gasteiger charge is -2.27. The lowest BCUT2D eigenvalue weighted by Crippen LogP contribution is -2.28. The average molecular weight is 227 g/mol. The van der Waals surface area contributed by atoms with Gasteiger partial charge in [0.1, 0.15) is 0 Å². The van der Waals surface area contributed by atoms with Crippen molar-refractivity contribution in [2.45, 2.75) is 25.4 Å². The molecule has 0 unspecified atom stereocenters. The Bertz CT molecular complexity index is 455. The highest BCUT2D eigenvalue weighted by atomic mass is 16.3. The summed E-state index contributed by atoms with van der Waals surface area (Å²) in [5.74, 6) is 0. The van der Waals surface area contributed by atoms with Crippen LogP contribution in [-0.2, 0) is 12.0 Å². The Balaban J connectivity index is 2.27. The highest BCUT2D eigenvalue weighted by molar-refractivity contribution is 5.24. The van der Waals surface area contributed by atoms with Crippen molar-refractivity contribution in [1.82, 2.24) is 4.98 Å². The number of benzene rings is 1. The number of aromatic nitrogens is 1. The summed E-state index contributed by atoms with van der Waals surface area (Å²) >= 11 is 0. The van der Waals surface area contributed by atoms with Crippen molar-refractivity contribution in [2.75, 3.05) is 0 Å². The van der Waals surface area contributed by atoms with Crippen LogP contribution in [0.25, 0.3) is 0 Å². The number of pyridine rings is 1. The van der Waals surface area contributed by atoms with Crippen molar-refractivity contribution in [3.63, 3.8) is 0 Å². The topological polar surface area (TPSA) is 33.1 Å². The van der Waals surface area contributed by atoms with Gasteiger partial charge >= 0.3 is 0 Å². The van der Waals surface area contributed by atoms with E-state index in [0.29, 0.717) is 12.8 Å². The van der Waals surface area contributed by atoms with Gasteiger partial charge in [0, 0.05) is 18.3 Å². The summed E-state index contributed by atoms with van der Waals surface area (Å²) in [4.78, 5) is 4.28. The van der Waals surface area contributed by atoms with Crippen molar-refractivity contribution in [1.29, 1.82) is 0 Å². The molecule has 0 bridgehead atoms. The molecule has 1 N–H and O–H groups in total. The van der Waals surface area contributed by atoms with Crippen LogP contribution in [0.2, 0.25) is 0 Å². The molecular weight excluding hydrogens is 210 g/mol. The highest BCUT2D eigenvalue weighted by Crippen LogP contribution is 2.28. The van der Waals surface area contributed by atoms with Gasteiger partial charge in [0.15, 0.2) is 0 Å². The van der Waals surface area contributed by atoms with Crippen molar-refractivity contribution in [3.8, 4) is 0 Å². The van der Waals surface area contributed by atoms with E-state index >= 15 is 0 Å². The van der Waals surface area contributed by atoms with Crippen LogP contribution < -0.4 is 0 Å². The van der Waals surface area contributed by atoms with Crippen molar-refractivity contribution in [3.05, 3.63) is 66.0 Å². The first-order chi connectivity index (χ1) is 8.24. The molecule has 0 spiro atoms. The van der Waals surface area contributed by atoms with E-state index in [1.54, 1.807) is 6.20 Å². The molecule has 0 saturated heterocycles. The standard InChI is InChI=1S/C15H17NO/c1-2-15(17,13-8-4-3-5-9-13)12-14-10-6-7-11-16-14/h3-11,17H,2,12H2,1H3/t15-/m0/s1. The summed E-state index contributed by atoms with van der Waals surface area (Å²) in [5.41, 5.74) is 1.05. The van der Waals surface area contributed by atoms with Gasteiger partial charge < -0.3 is 5.11 Å². The fourth-order valence-corrected chi connectivity index (χ4v) is 1.98. The van der Waals surface area contributed by atoms with Crippen LogP contribution in [0, 0.1) is 0 Å². The number of nitrogens with zero attached hydrogens (tertiary/aromatic N) is 1. The van der Waals surface area contributed by atoms with E-state index in [2.05, 4.69) is 4.98 Å². The average Bonchev–Trinajstić information content (AvgIpc) is 2.41. The third-order valence-corrected chi connectivity index (χ3v) is 3.10. The minimum atomic E-state index is -0.824. The zero-order chi connectivity index (χ0) is 12.1. The molecule has 2 nitrogen and oxygen atoms in total. The Hall–Kier alpha value is -1.67. The van der Waals surface area contributed by atoms with Gasteiger partial charge in [0.05, 0.1) is 5.60 Å². The molecule has 1 aromatic carbocycles. The Morgan fingerprint density at radius 2 is 1.76 bits per heavy atom. The van der Waals surface area contributed by atoms with Crippen LogP contribution in [0.5, 0.6) is 0 Å². The number of aliphatic hydroxyl groups is 1. The van der Waals surface area contributed by atoms with Gasteiger partial charge in [-0.2, -0.15) is 0 Å². The Morgan fingerprint density at radius 1 is 1.06 bits per heavy atom. The van der Waals surface area contributed by atoms with Gasteiger partial charge in [-0.25, -0.2) is 0 Å². The molecule has 88 valence electrons. The third-order valence-electron chi connectivity index (χ3n) is 3.10. The summed E-state index contributed by atoms with van der Waals surface area (Å²) in [6.07, 6.45) is 2.98. The quantitative estimate of drug-likeness (QED) is 0.871. The highest BCUT2D eigenvalue weighted by Gasteiger charge is 2.27. The van der Waals surface area contributed by atoms with Crippen LogP contribution in [0.1, 0.15) is 24.6 Å². The lowest BCUT2D eigenvalue weighted by atomic mass is 9.86. The van der Waals surface area contributed by atoms with Gasteiger partial charge in [0.25, 0.3) is 0 Å². The maximum Gasteiger partial charge on any atom is 0.0949 e. The fraction of sp³-hybridized carbons (Fsp3) is 0.267. The third kappa shape index (κ3) is 2.71. The minimum absolute atomic E-state index is 0.550. The summed E-state index contributed by atoms with van der Waals surface area (Å²) in [6.45, 7) is 2.00. The van der Waals surface area contributed by atoms with Crippen molar-refractivity contribution in [2.24, 2.45) is 0 Å². The summed E-state index contributed by atoms with van der Waals surface area (Å²) < 4.78 is 0. The van der Waals surface area contributed by atoms with Gasteiger partial charge in [-0.15, -0.1) is 0 Å². The predicted molar refractivity (Wildman–Crippen MR) is 68.6 cm³/mol. The molecule has 0 saturated carbocycles. The maximum atomic E-state index is 10.7. The first-order valence-corrected chi connectivity index (χ1v) is 5.92. The van der Waals surface area contributed by atoms with Crippen LogP contribution in [0.4, 0.5) is 0 Å². The summed E-state index contributed by atoms with van der Waals surface area (Å²) in [7, 11) is 0. The van der Waals surface area contributed by atoms with E-state index in [1.165, 1.54) is 0 Å². The van der Waals surface area contributed by atoms with E-state index in [-0.39, 0.29) is 0 Å². The second kappa shape index (κ2) is 5.11. The smallest absolute Gasteiger partial charge is 0.0949 e. The van der Waals surface area contributed by atoms with E-state index < -0.39 is 5.60 Å². The van der Waals surface area contributed by atoms with Gasteiger partial charge in [0.2, 0.25) is 0 Å². The molecule has 0 aliphatic rings. The molecule has 0 radical (unpaired) electrons. The van der Waals surface area contributed by atoms with Crippen LogP contribution in [-0.4, -0.2) is 10.1 Å². The lowest BCUT2D eigenvalue weighted by molar-refractivity contribution is 0.0318. The van der Waals surface area contributed by atoms with Crippen LogP contribution >= 0.6 is 0 Å². The Morgan fingerprint density at radius 3 is 2.35 bits per heavy atom. The minimum Gasteiger partial charge on any atom is -0.385 e. The maximum absolute atomic E-state index is 10.7. The van der Waals surface area contributed by atoms with Gasteiger partial charge in [-0.3, -0.25) is 4.98 Å². The number of hydrogen-bond acceptors (Lipinski definition) is 2. The first kappa shape index (κ1) is 11.8. The van der Waals surface area contributed by atoms with E-state index in [4.69, 9.17) is 0 Å². The molecule has 0 aliphatic heterocycles. The molecule has 1 atom stereocenters. The first-order valence-electron chi connectivity index (χ1n) is 5.92. The fourth-order valence-electron chi connectivity index (χ4n) is 1.98. The van der Waals surface area contributed by atoms with E-state index in [9.17, 15) is 5.11 Å². The molecular formula is C15H17NO. The van der Waals surface area contributed by atoms with Crippen molar-refractivity contribution < 1.29 is 5.11 Å². The van der Waals surface area contributed by atoms with Crippen molar-refractivity contribution >= 4 is 0 Å². The Kier molecular flexibility index (Phi) is 3.55. The molecule has 17 heavy (non-hydrogen) atoms. The largest absolute Gasteiger partial charge is 0.385 e. The zero-order valence-corrected chi connectivity index (χ0v) is 10.0. The molecule has 1 aromatic heterocycles. The second-order valence-electron chi connectivity index (χ2n) is 4.25. The summed E-state index contributed by atoms with van der Waals surface area (Å²) in [5, 5.41) is 10.7. The van der Waals surface area contributed by atoms with Crippen LogP contribution in [0.3, 0.4) is 0 Å². The monoisotopic (exact) mass is 227 g/mol. The predicted octanol–water partition coefficient (Wildman–Crippen LogP) is 2.92. The van der Waals surface area contributed by atoms with Gasteiger partial charge in [-0.05, 0) is 24.1 Å². The molecule has 0 aliphatic carbocycles. The molecule has 2 heteroatoms. The van der Waals surface area contributed by atoms with Crippen LogP contribution in [0.15, 0.2) is 54.7 Å². The normalized spacial score (nSPS) is 14.2. The van der Waals surface area contributed by atoms with E-state index in [0.717, 1.165) is 11.3 Å². The SMILES string of the molecule is CC[C@](O)(Cc1ccccn1)c1ccccc1. The number of rotatable bonds is 4. The second-order valence-corrected chi connectivity index (χ2v) is 4.25. The molecule has 0 amide bonds. The Labute approximate surface area is 102 Å².